The molecule has 0 saturated carbocycles. The number of hydrogen-bond donors (Lipinski definition) is 2. The molecule has 23 heavy (non-hydrogen) atoms. The number of thiazole rings is 1. The molecule has 5 heteroatoms. The zero-order chi connectivity index (χ0) is 16.3. The maximum Gasteiger partial charge on any atom is 0.193 e. The minimum Gasteiger partial charge on any atom is -0.384 e. The van der Waals surface area contributed by atoms with E-state index < -0.39 is 5.60 Å². The average molecular weight is 345 g/mol. The van der Waals surface area contributed by atoms with Crippen LogP contribution in [0.15, 0.2) is 52.7 Å². The number of nitrogens with one attached hydrogen (secondary N) is 1. The number of hydrogen-bond acceptors (Lipinski definition) is 5. The van der Waals surface area contributed by atoms with Gasteiger partial charge in [-0.15, -0.1) is 11.3 Å². The predicted octanol–water partition coefficient (Wildman–Crippen LogP) is 5.42. The molecule has 0 fully saturated rings. The van der Waals surface area contributed by atoms with Gasteiger partial charge in [-0.05, 0) is 41.6 Å². The fourth-order valence-electron chi connectivity index (χ4n) is 2.53. The molecule has 1 heterocycles. The first kappa shape index (κ1) is 16.3. The summed E-state index contributed by atoms with van der Waals surface area (Å²) < 4.78 is 3.31. The summed E-state index contributed by atoms with van der Waals surface area (Å²) in [4.78, 5) is 5.72. The lowest BCUT2D eigenvalue weighted by Crippen LogP contribution is -2.23. The molecule has 0 aliphatic rings. The third kappa shape index (κ3) is 3.37. The number of benzene rings is 2. The van der Waals surface area contributed by atoms with Gasteiger partial charge in [-0.3, -0.25) is 0 Å². The Balaban J connectivity index is 1.77. The lowest BCUT2D eigenvalue weighted by atomic mass is 9.94. The normalized spacial score (nSPS) is 11.8. The molecule has 0 aliphatic heterocycles. The van der Waals surface area contributed by atoms with E-state index in [0.717, 1.165) is 10.8 Å². The number of aliphatic hydroxyl groups is 1. The van der Waals surface area contributed by atoms with Gasteiger partial charge in [0.2, 0.25) is 0 Å². The van der Waals surface area contributed by atoms with Gasteiger partial charge >= 0.3 is 0 Å². The molecule has 0 atom stereocenters. The Morgan fingerprint density at radius 3 is 2.65 bits per heavy atom. The fraction of sp³-hybridized carbons (Fsp3) is 0.278. The van der Waals surface area contributed by atoms with Crippen molar-refractivity contribution in [3.05, 3.63) is 53.5 Å². The highest BCUT2D eigenvalue weighted by atomic mass is 32.2. The van der Waals surface area contributed by atoms with Crippen molar-refractivity contribution in [2.75, 3.05) is 4.72 Å². The van der Waals surface area contributed by atoms with Crippen LogP contribution in [0.5, 0.6) is 0 Å². The fourth-order valence-corrected chi connectivity index (χ4v) is 4.18. The van der Waals surface area contributed by atoms with Gasteiger partial charge in [0.05, 0.1) is 5.69 Å². The van der Waals surface area contributed by atoms with E-state index in [1.807, 2.05) is 25.3 Å². The SMILES string of the molecule is CCC(O)(CC)c1csc(NSc2cccc3ccccc23)n1. The van der Waals surface area contributed by atoms with Crippen LogP contribution in [0.4, 0.5) is 5.13 Å². The number of rotatable bonds is 6. The number of fused-ring (bicyclic) bond motifs is 1. The second-order valence-corrected chi connectivity index (χ2v) is 7.16. The zero-order valence-corrected chi connectivity index (χ0v) is 14.9. The van der Waals surface area contributed by atoms with Crippen molar-refractivity contribution in [2.24, 2.45) is 0 Å². The largest absolute Gasteiger partial charge is 0.384 e. The second-order valence-electron chi connectivity index (χ2n) is 5.46. The molecule has 0 aliphatic carbocycles. The van der Waals surface area contributed by atoms with Gasteiger partial charge in [0, 0.05) is 10.3 Å². The molecule has 3 nitrogen and oxygen atoms in total. The van der Waals surface area contributed by atoms with E-state index in [9.17, 15) is 5.11 Å². The Kier molecular flexibility index (Phi) is 4.90. The molecule has 2 aromatic carbocycles. The summed E-state index contributed by atoms with van der Waals surface area (Å²) in [5, 5.41) is 15.8. The highest BCUT2D eigenvalue weighted by molar-refractivity contribution is 8.01. The molecular weight excluding hydrogens is 324 g/mol. The Labute approximate surface area is 144 Å². The van der Waals surface area contributed by atoms with E-state index in [2.05, 4.69) is 46.1 Å². The van der Waals surface area contributed by atoms with Crippen LogP contribution in [0, 0.1) is 0 Å². The molecule has 0 radical (unpaired) electrons. The van der Waals surface area contributed by atoms with E-state index in [1.165, 1.54) is 27.0 Å². The summed E-state index contributed by atoms with van der Waals surface area (Å²) in [6.07, 6.45) is 1.34. The van der Waals surface area contributed by atoms with E-state index >= 15 is 0 Å². The summed E-state index contributed by atoms with van der Waals surface area (Å²) in [6.45, 7) is 3.97. The molecule has 3 rings (SSSR count). The molecular formula is C18H20N2OS2. The van der Waals surface area contributed by atoms with Gasteiger partial charge in [-0.2, -0.15) is 0 Å². The topological polar surface area (TPSA) is 45.1 Å². The van der Waals surface area contributed by atoms with E-state index in [4.69, 9.17) is 0 Å². The van der Waals surface area contributed by atoms with Crippen LogP contribution in [0.2, 0.25) is 0 Å². The second kappa shape index (κ2) is 6.91. The standard InChI is InChI=1S/C18H20N2OS2/c1-3-18(21,4-2)16-12-22-17(19-16)20-23-15-11-7-9-13-8-5-6-10-14(13)15/h5-12,21H,3-4H2,1-2H3,(H,19,20). The van der Waals surface area contributed by atoms with Crippen LogP contribution in [-0.4, -0.2) is 10.1 Å². The van der Waals surface area contributed by atoms with E-state index in [-0.39, 0.29) is 0 Å². The number of anilines is 1. The summed E-state index contributed by atoms with van der Waals surface area (Å²) in [7, 11) is 0. The molecule has 3 aromatic rings. The molecule has 0 unspecified atom stereocenters. The Hall–Kier alpha value is -1.56. The van der Waals surface area contributed by atoms with Crippen LogP contribution in [0.3, 0.4) is 0 Å². The molecule has 0 amide bonds. The maximum absolute atomic E-state index is 10.5. The molecule has 0 spiro atoms. The predicted molar refractivity (Wildman–Crippen MR) is 100 cm³/mol. The molecule has 2 N–H and O–H groups in total. The molecule has 0 saturated heterocycles. The first-order chi connectivity index (χ1) is 11.2. The Morgan fingerprint density at radius 1 is 1.13 bits per heavy atom. The van der Waals surface area contributed by atoms with Crippen molar-refractivity contribution in [3.63, 3.8) is 0 Å². The summed E-state index contributed by atoms with van der Waals surface area (Å²) in [6, 6.07) is 14.6. The minimum absolute atomic E-state index is 0.670. The first-order valence-corrected chi connectivity index (χ1v) is 9.45. The van der Waals surface area contributed by atoms with E-state index in [0.29, 0.717) is 12.8 Å². The average Bonchev–Trinajstić information content (AvgIpc) is 3.09. The maximum atomic E-state index is 10.5. The van der Waals surface area contributed by atoms with Crippen molar-refractivity contribution >= 4 is 39.2 Å². The lowest BCUT2D eigenvalue weighted by molar-refractivity contribution is 0.0247. The van der Waals surface area contributed by atoms with Crippen molar-refractivity contribution in [3.8, 4) is 0 Å². The lowest BCUT2D eigenvalue weighted by Gasteiger charge is -2.22. The van der Waals surface area contributed by atoms with Crippen molar-refractivity contribution in [1.29, 1.82) is 0 Å². The monoisotopic (exact) mass is 344 g/mol. The molecule has 1 aromatic heterocycles. The summed E-state index contributed by atoms with van der Waals surface area (Å²) in [5.74, 6) is 0. The van der Waals surface area contributed by atoms with Gasteiger partial charge in [0.1, 0.15) is 5.60 Å². The number of aromatic nitrogens is 1. The number of nitrogens with zero attached hydrogens (tertiary/aromatic N) is 1. The van der Waals surface area contributed by atoms with Crippen molar-refractivity contribution < 1.29 is 5.11 Å². The Morgan fingerprint density at radius 2 is 1.87 bits per heavy atom. The van der Waals surface area contributed by atoms with Crippen molar-refractivity contribution in [2.45, 2.75) is 37.2 Å². The van der Waals surface area contributed by atoms with Crippen molar-refractivity contribution in [1.82, 2.24) is 4.98 Å². The van der Waals surface area contributed by atoms with Crippen LogP contribution in [0.25, 0.3) is 10.8 Å². The highest BCUT2D eigenvalue weighted by Gasteiger charge is 2.27. The van der Waals surface area contributed by atoms with Crippen LogP contribution < -0.4 is 4.72 Å². The first-order valence-electron chi connectivity index (χ1n) is 7.75. The van der Waals surface area contributed by atoms with Gasteiger partial charge in [-0.1, -0.05) is 50.2 Å². The summed E-state index contributed by atoms with van der Waals surface area (Å²) in [5.41, 5.74) is -0.0610. The Bertz CT molecular complexity index is 791. The smallest absolute Gasteiger partial charge is 0.193 e. The molecule has 0 bridgehead atoms. The zero-order valence-electron chi connectivity index (χ0n) is 13.2. The van der Waals surface area contributed by atoms with Gasteiger partial charge in [0.15, 0.2) is 5.13 Å². The quantitative estimate of drug-likeness (QED) is 0.586. The van der Waals surface area contributed by atoms with Crippen LogP contribution >= 0.6 is 23.3 Å². The third-order valence-corrected chi connectivity index (χ3v) is 5.91. The summed E-state index contributed by atoms with van der Waals surface area (Å²) >= 11 is 3.09. The molecule has 120 valence electrons. The van der Waals surface area contributed by atoms with Crippen LogP contribution in [-0.2, 0) is 5.60 Å². The highest BCUT2D eigenvalue weighted by Crippen LogP contribution is 2.34. The third-order valence-electron chi connectivity index (χ3n) is 4.15. The van der Waals surface area contributed by atoms with Gasteiger partial charge in [0.25, 0.3) is 0 Å². The van der Waals surface area contributed by atoms with Gasteiger partial charge < -0.3 is 9.83 Å². The van der Waals surface area contributed by atoms with E-state index in [1.54, 1.807) is 11.9 Å². The van der Waals surface area contributed by atoms with Crippen LogP contribution in [0.1, 0.15) is 32.4 Å². The minimum atomic E-state index is -0.819. The van der Waals surface area contributed by atoms with Gasteiger partial charge in [-0.25, -0.2) is 4.98 Å².